The summed E-state index contributed by atoms with van der Waals surface area (Å²) in [6.07, 6.45) is 6.45. The van der Waals surface area contributed by atoms with Crippen molar-refractivity contribution < 1.29 is 29.0 Å². The molecule has 6 heteroatoms. The van der Waals surface area contributed by atoms with Crippen molar-refractivity contribution in [1.29, 1.82) is 0 Å². The molecule has 144 valence electrons. The zero-order valence-electron chi connectivity index (χ0n) is 15.6. The van der Waals surface area contributed by atoms with Crippen LogP contribution in [0, 0.1) is 17.3 Å². The van der Waals surface area contributed by atoms with Crippen LogP contribution in [0.4, 0.5) is 0 Å². The SMILES string of the molecule is CCOC(=O)C1(O)CC(C2CC2)C(C(=O)OC)=CC12CCCCCC2=O. The highest BCUT2D eigenvalue weighted by Gasteiger charge is 2.64. The minimum absolute atomic E-state index is 0.0448. The Balaban J connectivity index is 2.15. The van der Waals surface area contributed by atoms with Gasteiger partial charge in [0.05, 0.1) is 19.1 Å². The van der Waals surface area contributed by atoms with E-state index in [0.717, 1.165) is 25.7 Å². The fraction of sp³-hybridized carbons (Fsp3) is 0.750. The molecule has 2 saturated carbocycles. The fourth-order valence-electron chi connectivity index (χ4n) is 4.68. The molecule has 1 N–H and O–H groups in total. The average molecular weight is 364 g/mol. The number of carbonyl (C=O) groups is 3. The second kappa shape index (κ2) is 7.14. The minimum Gasteiger partial charge on any atom is -0.466 e. The summed E-state index contributed by atoms with van der Waals surface area (Å²) < 4.78 is 10.1. The normalized spacial score (nSPS) is 34.8. The molecule has 2 fully saturated rings. The largest absolute Gasteiger partial charge is 0.466 e. The highest BCUT2D eigenvalue weighted by molar-refractivity contribution is 5.99. The van der Waals surface area contributed by atoms with E-state index >= 15 is 0 Å². The predicted octanol–water partition coefficient (Wildman–Crippen LogP) is 2.33. The summed E-state index contributed by atoms with van der Waals surface area (Å²) in [5.74, 6) is -1.44. The molecule has 3 rings (SSSR count). The van der Waals surface area contributed by atoms with Gasteiger partial charge in [-0.1, -0.05) is 18.9 Å². The van der Waals surface area contributed by atoms with E-state index in [4.69, 9.17) is 9.47 Å². The van der Waals surface area contributed by atoms with Crippen LogP contribution in [0.2, 0.25) is 0 Å². The van der Waals surface area contributed by atoms with Gasteiger partial charge in [0.25, 0.3) is 0 Å². The molecule has 0 aliphatic heterocycles. The first-order valence-corrected chi connectivity index (χ1v) is 9.63. The molecule has 0 heterocycles. The van der Waals surface area contributed by atoms with Crippen LogP contribution in [-0.2, 0) is 23.9 Å². The molecular weight excluding hydrogens is 336 g/mol. The summed E-state index contributed by atoms with van der Waals surface area (Å²) in [4.78, 5) is 38.4. The molecule has 3 atom stereocenters. The van der Waals surface area contributed by atoms with E-state index in [2.05, 4.69) is 0 Å². The lowest BCUT2D eigenvalue weighted by Crippen LogP contribution is -2.61. The van der Waals surface area contributed by atoms with Gasteiger partial charge in [-0.3, -0.25) is 4.79 Å². The Morgan fingerprint density at radius 3 is 2.62 bits per heavy atom. The molecule has 0 amide bonds. The second-order valence-corrected chi connectivity index (χ2v) is 7.78. The number of ether oxygens (including phenoxy) is 2. The molecule has 0 aromatic carbocycles. The first kappa shape index (κ1) is 19.1. The maximum Gasteiger partial charge on any atom is 0.339 e. The lowest BCUT2D eigenvalue weighted by molar-refractivity contribution is -0.186. The van der Waals surface area contributed by atoms with Gasteiger partial charge in [0.1, 0.15) is 5.78 Å². The third kappa shape index (κ3) is 2.98. The van der Waals surface area contributed by atoms with Gasteiger partial charge >= 0.3 is 11.9 Å². The molecule has 3 aliphatic carbocycles. The van der Waals surface area contributed by atoms with E-state index in [0.29, 0.717) is 24.8 Å². The van der Waals surface area contributed by atoms with Crippen LogP contribution in [0.25, 0.3) is 0 Å². The summed E-state index contributed by atoms with van der Waals surface area (Å²) in [5.41, 5.74) is -2.88. The van der Waals surface area contributed by atoms with Crippen molar-refractivity contribution in [1.82, 2.24) is 0 Å². The number of ketones is 1. The molecule has 6 nitrogen and oxygen atoms in total. The van der Waals surface area contributed by atoms with Crippen molar-refractivity contribution >= 4 is 17.7 Å². The van der Waals surface area contributed by atoms with Gasteiger partial charge in [0.2, 0.25) is 0 Å². The van der Waals surface area contributed by atoms with Crippen LogP contribution in [0.1, 0.15) is 58.3 Å². The topological polar surface area (TPSA) is 89.9 Å². The maximum absolute atomic E-state index is 13.1. The molecule has 0 radical (unpaired) electrons. The Labute approximate surface area is 153 Å². The number of esters is 2. The summed E-state index contributed by atoms with van der Waals surface area (Å²) in [7, 11) is 1.32. The molecule has 1 spiro atoms. The molecule has 0 aromatic heterocycles. The number of hydrogen-bond acceptors (Lipinski definition) is 6. The Kier molecular flexibility index (Phi) is 5.24. The van der Waals surface area contributed by atoms with E-state index in [-0.39, 0.29) is 30.6 Å². The van der Waals surface area contributed by atoms with Crippen LogP contribution < -0.4 is 0 Å². The number of hydrogen-bond donors (Lipinski definition) is 1. The third-order valence-electron chi connectivity index (χ3n) is 6.25. The summed E-state index contributed by atoms with van der Waals surface area (Å²) in [6, 6.07) is 0. The fourth-order valence-corrected chi connectivity index (χ4v) is 4.68. The Morgan fingerprint density at radius 1 is 1.27 bits per heavy atom. The molecule has 0 bridgehead atoms. The molecular formula is C20H28O6. The van der Waals surface area contributed by atoms with Crippen LogP contribution in [-0.4, -0.2) is 42.1 Å². The quantitative estimate of drug-likeness (QED) is 0.770. The van der Waals surface area contributed by atoms with Gasteiger partial charge in [-0.25, -0.2) is 9.59 Å². The van der Waals surface area contributed by atoms with Crippen molar-refractivity contribution in [2.45, 2.75) is 63.9 Å². The number of methoxy groups -OCH3 is 1. The van der Waals surface area contributed by atoms with Gasteiger partial charge in [0.15, 0.2) is 5.60 Å². The molecule has 3 aliphatic rings. The van der Waals surface area contributed by atoms with E-state index in [1.165, 1.54) is 7.11 Å². The maximum atomic E-state index is 13.1. The second-order valence-electron chi connectivity index (χ2n) is 7.78. The summed E-state index contributed by atoms with van der Waals surface area (Å²) in [5, 5.41) is 11.6. The Hall–Kier alpha value is -1.69. The van der Waals surface area contributed by atoms with Gasteiger partial charge in [0, 0.05) is 12.0 Å². The number of aliphatic hydroxyl groups is 1. The van der Waals surface area contributed by atoms with Crippen molar-refractivity contribution in [3.8, 4) is 0 Å². The van der Waals surface area contributed by atoms with Crippen LogP contribution >= 0.6 is 0 Å². The monoisotopic (exact) mass is 364 g/mol. The van der Waals surface area contributed by atoms with Gasteiger partial charge < -0.3 is 14.6 Å². The molecule has 26 heavy (non-hydrogen) atoms. The first-order chi connectivity index (χ1) is 12.4. The van der Waals surface area contributed by atoms with Crippen molar-refractivity contribution in [2.24, 2.45) is 17.3 Å². The number of carbonyl (C=O) groups excluding carboxylic acids is 3. The van der Waals surface area contributed by atoms with Crippen LogP contribution in [0.3, 0.4) is 0 Å². The standard InChI is InChI=1S/C20H28O6/c1-3-26-18(23)20(24)12-14(13-8-9-13)15(17(22)25-2)11-19(20)10-6-4-5-7-16(19)21/h11,13-14,24H,3-10,12H2,1-2H3. The van der Waals surface area contributed by atoms with Crippen molar-refractivity contribution in [3.63, 3.8) is 0 Å². The van der Waals surface area contributed by atoms with E-state index in [1.54, 1.807) is 13.0 Å². The van der Waals surface area contributed by atoms with Gasteiger partial charge in [-0.2, -0.15) is 0 Å². The Morgan fingerprint density at radius 2 is 2.00 bits per heavy atom. The zero-order chi connectivity index (χ0) is 18.9. The zero-order valence-corrected chi connectivity index (χ0v) is 15.6. The highest BCUT2D eigenvalue weighted by atomic mass is 16.5. The molecule has 3 unspecified atom stereocenters. The van der Waals surface area contributed by atoms with Crippen molar-refractivity contribution in [2.75, 3.05) is 13.7 Å². The number of rotatable bonds is 4. The van der Waals surface area contributed by atoms with Gasteiger partial charge in [-0.15, -0.1) is 0 Å². The molecule has 0 saturated heterocycles. The lowest BCUT2D eigenvalue weighted by atomic mass is 9.57. The van der Waals surface area contributed by atoms with E-state index < -0.39 is 23.0 Å². The van der Waals surface area contributed by atoms with E-state index in [1.807, 2.05) is 0 Å². The average Bonchev–Trinajstić information content (AvgIpc) is 3.47. The Bertz CT molecular complexity index is 634. The van der Waals surface area contributed by atoms with Crippen molar-refractivity contribution in [3.05, 3.63) is 11.6 Å². The van der Waals surface area contributed by atoms with Crippen LogP contribution in [0.15, 0.2) is 11.6 Å². The third-order valence-corrected chi connectivity index (χ3v) is 6.25. The molecule has 0 aromatic rings. The highest BCUT2D eigenvalue weighted by Crippen LogP contribution is 2.56. The summed E-state index contributed by atoms with van der Waals surface area (Å²) in [6.45, 7) is 1.81. The minimum atomic E-state index is -1.92. The lowest BCUT2D eigenvalue weighted by Gasteiger charge is -2.47. The number of Topliss-reactive ketones (excluding diaryl/α,β-unsaturated/α-hetero) is 1. The predicted molar refractivity (Wildman–Crippen MR) is 93.0 cm³/mol. The van der Waals surface area contributed by atoms with E-state index in [9.17, 15) is 19.5 Å². The first-order valence-electron chi connectivity index (χ1n) is 9.63. The van der Waals surface area contributed by atoms with Crippen LogP contribution in [0.5, 0.6) is 0 Å². The van der Waals surface area contributed by atoms with Gasteiger partial charge in [-0.05, 0) is 50.9 Å². The smallest absolute Gasteiger partial charge is 0.339 e. The summed E-state index contributed by atoms with van der Waals surface area (Å²) >= 11 is 0.